The molecule has 3 N–H and O–H groups in total. The maximum Gasteiger partial charge on any atom is 0.239 e. The zero-order valence-electron chi connectivity index (χ0n) is 11.3. The topological polar surface area (TPSA) is 64.3 Å². The predicted octanol–water partition coefficient (Wildman–Crippen LogP) is 1.60. The third-order valence-corrected chi connectivity index (χ3v) is 3.95. The molecular weight excluding hydrogens is 283 g/mol. The van der Waals surface area contributed by atoms with Crippen molar-refractivity contribution in [1.82, 2.24) is 5.32 Å². The summed E-state index contributed by atoms with van der Waals surface area (Å²) >= 11 is 6.08. The van der Waals surface area contributed by atoms with Crippen molar-refractivity contribution in [2.24, 2.45) is 5.73 Å². The van der Waals surface area contributed by atoms with Crippen molar-refractivity contribution in [3.8, 4) is 0 Å². The largest absolute Gasteiger partial charge is 0.383 e. The van der Waals surface area contributed by atoms with Crippen LogP contribution < -0.4 is 11.1 Å². The van der Waals surface area contributed by atoms with E-state index in [1.165, 1.54) is 19.2 Å². The van der Waals surface area contributed by atoms with Crippen LogP contribution in [-0.2, 0) is 14.9 Å². The molecule has 1 unspecified atom stereocenters. The Morgan fingerprint density at radius 2 is 2.30 bits per heavy atom. The standard InChI is InChI=1S/C14H18ClFN2O2/c1-20-7-12(17)13(19)18-8-14(4-5-14)10-3-2-9(16)6-11(10)15/h2-3,6,12H,4-5,7-8,17H2,1H3,(H,18,19). The van der Waals surface area contributed by atoms with Gasteiger partial charge in [-0.3, -0.25) is 4.79 Å². The summed E-state index contributed by atoms with van der Waals surface area (Å²) < 4.78 is 17.9. The molecule has 0 bridgehead atoms. The number of ether oxygens (including phenoxy) is 1. The lowest BCUT2D eigenvalue weighted by Crippen LogP contribution is -2.45. The van der Waals surface area contributed by atoms with E-state index < -0.39 is 6.04 Å². The summed E-state index contributed by atoms with van der Waals surface area (Å²) in [5, 5.41) is 3.21. The first-order chi connectivity index (χ1) is 9.48. The molecule has 1 saturated carbocycles. The first-order valence-corrected chi connectivity index (χ1v) is 6.84. The number of amides is 1. The maximum atomic E-state index is 13.1. The highest BCUT2D eigenvalue weighted by Gasteiger charge is 2.45. The number of hydrogen-bond acceptors (Lipinski definition) is 3. The van der Waals surface area contributed by atoms with Gasteiger partial charge < -0.3 is 15.8 Å². The maximum absolute atomic E-state index is 13.1. The van der Waals surface area contributed by atoms with Crippen LogP contribution in [0.15, 0.2) is 18.2 Å². The molecule has 1 amide bonds. The molecule has 0 aromatic heterocycles. The molecular formula is C14H18ClFN2O2. The highest BCUT2D eigenvalue weighted by molar-refractivity contribution is 6.31. The average molecular weight is 301 g/mol. The smallest absolute Gasteiger partial charge is 0.239 e. The highest BCUT2D eigenvalue weighted by Crippen LogP contribution is 2.50. The van der Waals surface area contributed by atoms with Crippen LogP contribution >= 0.6 is 11.6 Å². The molecule has 0 spiro atoms. The van der Waals surface area contributed by atoms with Gasteiger partial charge in [0, 0.05) is 24.1 Å². The summed E-state index contributed by atoms with van der Waals surface area (Å²) in [6.07, 6.45) is 1.83. The molecule has 1 aliphatic rings. The summed E-state index contributed by atoms with van der Waals surface area (Å²) in [4.78, 5) is 11.8. The molecule has 4 nitrogen and oxygen atoms in total. The van der Waals surface area contributed by atoms with Crippen LogP contribution in [0.25, 0.3) is 0 Å². The first kappa shape index (κ1) is 15.2. The van der Waals surface area contributed by atoms with E-state index in [2.05, 4.69) is 5.32 Å². The molecule has 1 atom stereocenters. The van der Waals surface area contributed by atoms with E-state index in [4.69, 9.17) is 22.1 Å². The number of carbonyl (C=O) groups is 1. The number of carbonyl (C=O) groups excluding carboxylic acids is 1. The minimum Gasteiger partial charge on any atom is -0.383 e. The first-order valence-electron chi connectivity index (χ1n) is 6.46. The Labute approximate surface area is 122 Å². The molecule has 0 heterocycles. The van der Waals surface area contributed by atoms with E-state index in [1.54, 1.807) is 6.07 Å². The highest BCUT2D eigenvalue weighted by atomic mass is 35.5. The molecule has 0 radical (unpaired) electrons. The molecule has 110 valence electrons. The third kappa shape index (κ3) is 3.29. The van der Waals surface area contributed by atoms with Crippen LogP contribution in [0.5, 0.6) is 0 Å². The van der Waals surface area contributed by atoms with Gasteiger partial charge in [-0.2, -0.15) is 0 Å². The van der Waals surface area contributed by atoms with Crippen LogP contribution in [0.3, 0.4) is 0 Å². The monoisotopic (exact) mass is 300 g/mol. The Morgan fingerprint density at radius 1 is 1.60 bits per heavy atom. The van der Waals surface area contributed by atoms with Gasteiger partial charge >= 0.3 is 0 Å². The van der Waals surface area contributed by atoms with Crippen LogP contribution in [0, 0.1) is 5.82 Å². The molecule has 2 rings (SSSR count). The Kier molecular flexibility index (Phi) is 4.62. The predicted molar refractivity (Wildman–Crippen MR) is 75.2 cm³/mol. The van der Waals surface area contributed by atoms with Gasteiger partial charge in [-0.1, -0.05) is 17.7 Å². The van der Waals surface area contributed by atoms with Crippen LogP contribution in [0.1, 0.15) is 18.4 Å². The van der Waals surface area contributed by atoms with Crippen molar-refractivity contribution in [2.45, 2.75) is 24.3 Å². The van der Waals surface area contributed by atoms with Crippen LogP contribution in [0.2, 0.25) is 5.02 Å². The van der Waals surface area contributed by atoms with Gasteiger partial charge in [-0.05, 0) is 30.5 Å². The van der Waals surface area contributed by atoms with Crippen LogP contribution in [0.4, 0.5) is 4.39 Å². The van der Waals surface area contributed by atoms with Crippen molar-refractivity contribution >= 4 is 17.5 Å². The average Bonchev–Trinajstić information content (AvgIpc) is 3.17. The van der Waals surface area contributed by atoms with Crippen molar-refractivity contribution in [2.75, 3.05) is 20.3 Å². The fourth-order valence-corrected chi connectivity index (χ4v) is 2.62. The molecule has 1 aliphatic carbocycles. The Morgan fingerprint density at radius 3 is 2.85 bits per heavy atom. The molecule has 20 heavy (non-hydrogen) atoms. The molecule has 1 aromatic carbocycles. The van der Waals surface area contributed by atoms with Gasteiger partial charge in [-0.15, -0.1) is 0 Å². The number of halogens is 2. The summed E-state index contributed by atoms with van der Waals surface area (Å²) in [5.74, 6) is -0.614. The molecule has 0 aliphatic heterocycles. The van der Waals surface area contributed by atoms with Gasteiger partial charge in [0.25, 0.3) is 0 Å². The van der Waals surface area contributed by atoms with Gasteiger partial charge in [0.1, 0.15) is 11.9 Å². The molecule has 6 heteroatoms. The molecule has 0 saturated heterocycles. The second kappa shape index (κ2) is 6.08. The minimum absolute atomic E-state index is 0.177. The van der Waals surface area contributed by atoms with E-state index in [9.17, 15) is 9.18 Å². The third-order valence-electron chi connectivity index (χ3n) is 3.64. The number of rotatable bonds is 6. The lowest BCUT2D eigenvalue weighted by Gasteiger charge is -2.19. The summed E-state index contributed by atoms with van der Waals surface area (Å²) in [5.41, 5.74) is 6.34. The van der Waals surface area contributed by atoms with Crippen LogP contribution in [-0.4, -0.2) is 32.2 Å². The lowest BCUT2D eigenvalue weighted by atomic mass is 9.95. The normalized spacial score (nSPS) is 17.6. The van der Waals surface area contributed by atoms with Gasteiger partial charge in [0.2, 0.25) is 5.91 Å². The Balaban J connectivity index is 2.00. The number of nitrogens with one attached hydrogen (secondary N) is 1. The summed E-state index contributed by atoms with van der Waals surface area (Å²) in [6.45, 7) is 0.630. The number of benzene rings is 1. The second-order valence-electron chi connectivity index (χ2n) is 5.18. The zero-order valence-corrected chi connectivity index (χ0v) is 12.0. The van der Waals surface area contributed by atoms with E-state index in [-0.39, 0.29) is 23.7 Å². The Hall–Kier alpha value is -1.17. The summed E-state index contributed by atoms with van der Waals surface area (Å²) in [6, 6.07) is 3.70. The SMILES string of the molecule is COCC(N)C(=O)NCC1(c2ccc(F)cc2Cl)CC1. The molecule has 1 fully saturated rings. The van der Waals surface area contributed by atoms with Gasteiger partial charge in [0.15, 0.2) is 0 Å². The van der Waals surface area contributed by atoms with E-state index in [0.29, 0.717) is 11.6 Å². The number of hydrogen-bond donors (Lipinski definition) is 2. The number of methoxy groups -OCH3 is 1. The molecule has 1 aromatic rings. The van der Waals surface area contributed by atoms with E-state index in [1.807, 2.05) is 0 Å². The fourth-order valence-electron chi connectivity index (χ4n) is 2.25. The fraction of sp³-hybridized carbons (Fsp3) is 0.500. The van der Waals surface area contributed by atoms with Crippen molar-refractivity contribution < 1.29 is 13.9 Å². The zero-order chi connectivity index (χ0) is 14.8. The van der Waals surface area contributed by atoms with Crippen molar-refractivity contribution in [3.05, 3.63) is 34.6 Å². The van der Waals surface area contributed by atoms with E-state index >= 15 is 0 Å². The quantitative estimate of drug-likeness (QED) is 0.839. The van der Waals surface area contributed by atoms with Crippen molar-refractivity contribution in [3.63, 3.8) is 0 Å². The lowest BCUT2D eigenvalue weighted by molar-refractivity contribution is -0.123. The minimum atomic E-state index is -0.681. The van der Waals surface area contributed by atoms with Crippen molar-refractivity contribution in [1.29, 1.82) is 0 Å². The van der Waals surface area contributed by atoms with Gasteiger partial charge in [-0.25, -0.2) is 4.39 Å². The second-order valence-corrected chi connectivity index (χ2v) is 5.59. The Bertz CT molecular complexity index is 506. The number of nitrogens with two attached hydrogens (primary N) is 1. The summed E-state index contributed by atoms with van der Waals surface area (Å²) in [7, 11) is 1.49. The van der Waals surface area contributed by atoms with E-state index in [0.717, 1.165) is 18.4 Å². The van der Waals surface area contributed by atoms with Gasteiger partial charge in [0.05, 0.1) is 6.61 Å².